The Bertz CT molecular complexity index is 1290. The van der Waals surface area contributed by atoms with Crippen LogP contribution in [0.1, 0.15) is 35.0 Å². The van der Waals surface area contributed by atoms with Crippen molar-refractivity contribution >= 4 is 17.5 Å². The van der Waals surface area contributed by atoms with Gasteiger partial charge in [-0.2, -0.15) is 0 Å². The molecule has 2 aromatic heterocycles. The van der Waals surface area contributed by atoms with Crippen molar-refractivity contribution in [2.75, 3.05) is 5.32 Å². The van der Waals surface area contributed by atoms with E-state index in [-0.39, 0.29) is 24.2 Å². The number of ether oxygens (including phenoxy) is 1. The molecule has 0 bridgehead atoms. The predicted octanol–water partition coefficient (Wildman–Crippen LogP) is 2.24. The fourth-order valence-electron chi connectivity index (χ4n) is 3.97. The average Bonchev–Trinajstić information content (AvgIpc) is 2.83. The second-order valence-corrected chi connectivity index (χ2v) is 8.17. The van der Waals surface area contributed by atoms with E-state index >= 15 is 0 Å². The van der Waals surface area contributed by atoms with Crippen molar-refractivity contribution in [3.63, 3.8) is 0 Å². The zero-order valence-corrected chi connectivity index (χ0v) is 18.6. The molecular weight excluding hydrogens is 481 g/mol. The van der Waals surface area contributed by atoms with E-state index in [0.29, 0.717) is 5.56 Å². The third-order valence-electron chi connectivity index (χ3n) is 5.70. The summed E-state index contributed by atoms with van der Waals surface area (Å²) in [6.07, 6.45) is -2.20. The van der Waals surface area contributed by atoms with Crippen molar-refractivity contribution in [2.24, 2.45) is 5.73 Å². The number of primary amides is 1. The molecule has 9 nitrogen and oxygen atoms in total. The molecule has 4 rings (SSSR count). The zero-order valence-electron chi connectivity index (χ0n) is 18.6. The number of hydrogen-bond acceptors (Lipinski definition) is 7. The summed E-state index contributed by atoms with van der Waals surface area (Å²) in [5.74, 6) is -4.70. The topological polar surface area (TPSA) is 148 Å². The van der Waals surface area contributed by atoms with E-state index in [4.69, 9.17) is 10.5 Å². The van der Waals surface area contributed by atoms with Gasteiger partial charge in [-0.15, -0.1) is 0 Å². The number of aliphatic hydroxyl groups is 2. The Kier molecular flexibility index (Phi) is 7.29. The molecule has 0 spiro atoms. The van der Waals surface area contributed by atoms with Crippen LogP contribution in [-0.4, -0.2) is 50.3 Å². The third-order valence-corrected chi connectivity index (χ3v) is 5.70. The highest BCUT2D eigenvalue weighted by molar-refractivity contribution is 6.03. The lowest BCUT2D eigenvalue weighted by atomic mass is 9.92. The van der Waals surface area contributed by atoms with Crippen molar-refractivity contribution in [2.45, 2.75) is 37.3 Å². The molecule has 1 aliphatic rings. The van der Waals surface area contributed by atoms with Crippen LogP contribution in [0, 0.1) is 17.5 Å². The maximum Gasteiger partial charge on any atom is 0.274 e. The van der Waals surface area contributed by atoms with Crippen LogP contribution in [0.4, 0.5) is 18.9 Å². The van der Waals surface area contributed by atoms with E-state index < -0.39 is 64.9 Å². The molecule has 12 heteroatoms. The fraction of sp³-hybridized carbons (Fsp3) is 0.250. The first-order valence-electron chi connectivity index (χ1n) is 10.8. The van der Waals surface area contributed by atoms with Gasteiger partial charge in [0.05, 0.1) is 42.2 Å². The largest absolute Gasteiger partial charge is 0.390 e. The van der Waals surface area contributed by atoms with Crippen molar-refractivity contribution < 1.29 is 37.7 Å². The van der Waals surface area contributed by atoms with Gasteiger partial charge in [0.15, 0.2) is 0 Å². The first-order valence-corrected chi connectivity index (χ1v) is 10.8. The van der Waals surface area contributed by atoms with Gasteiger partial charge in [0.2, 0.25) is 5.91 Å². The number of nitrogens with one attached hydrogen (secondary N) is 1. The molecule has 0 aliphatic carbocycles. The number of nitrogens with two attached hydrogens (primary N) is 1. The molecule has 36 heavy (non-hydrogen) atoms. The molecule has 188 valence electrons. The summed E-state index contributed by atoms with van der Waals surface area (Å²) < 4.78 is 48.5. The molecule has 0 radical (unpaired) electrons. The molecular formula is C24H21F3N4O5. The van der Waals surface area contributed by atoms with E-state index in [2.05, 4.69) is 15.3 Å². The number of aliphatic hydroxyl groups excluding tert-OH is 2. The summed E-state index contributed by atoms with van der Waals surface area (Å²) >= 11 is 0. The molecule has 1 aromatic carbocycles. The summed E-state index contributed by atoms with van der Waals surface area (Å²) in [6, 6.07) is 6.41. The molecule has 0 unspecified atom stereocenters. The number of carbonyl (C=O) groups is 2. The molecule has 3 heterocycles. The second kappa shape index (κ2) is 10.4. The second-order valence-electron chi connectivity index (χ2n) is 8.17. The standard InChI is InChI=1S/C24H21F3N4O5/c25-12-2-1-3-13(26)21(12)22-14(27)4-5-15(30-22)24(35)31-16-10-29-7-6-11(16)18-8-17(32)23(34)19(36-18)9-20(28)33/h1-7,10,17-19,23,32,34H,8-9H2,(H2,28,33)(H,31,35)/t17-,18-,19-,23+/m1/s1. The van der Waals surface area contributed by atoms with Gasteiger partial charge in [0.25, 0.3) is 5.91 Å². The lowest BCUT2D eigenvalue weighted by Crippen LogP contribution is -2.47. The van der Waals surface area contributed by atoms with Gasteiger partial charge in [-0.05, 0) is 30.3 Å². The SMILES string of the molecule is NC(=O)C[C@H]1O[C@@H](c2ccncc2NC(=O)c2ccc(F)c(-c3c(F)cccc3F)n2)C[C@@H](O)[C@@H]1O. The Labute approximate surface area is 202 Å². The zero-order chi connectivity index (χ0) is 26.0. The predicted molar refractivity (Wildman–Crippen MR) is 120 cm³/mol. The number of amides is 2. The smallest absolute Gasteiger partial charge is 0.274 e. The Morgan fingerprint density at radius 3 is 2.50 bits per heavy atom. The highest BCUT2D eigenvalue weighted by atomic mass is 19.1. The average molecular weight is 502 g/mol. The quantitative estimate of drug-likeness (QED) is 0.404. The third kappa shape index (κ3) is 5.20. The summed E-state index contributed by atoms with van der Waals surface area (Å²) in [7, 11) is 0. The van der Waals surface area contributed by atoms with Gasteiger partial charge in [0, 0.05) is 18.2 Å². The lowest BCUT2D eigenvalue weighted by molar-refractivity contribution is -0.174. The fourth-order valence-corrected chi connectivity index (χ4v) is 3.97. The van der Waals surface area contributed by atoms with Crippen LogP contribution in [0.25, 0.3) is 11.3 Å². The van der Waals surface area contributed by atoms with E-state index in [9.17, 15) is 33.0 Å². The maximum atomic E-state index is 14.4. The maximum absolute atomic E-state index is 14.4. The Hall–Kier alpha value is -3.87. The Morgan fingerprint density at radius 2 is 1.81 bits per heavy atom. The van der Waals surface area contributed by atoms with Crippen molar-refractivity contribution in [1.82, 2.24) is 9.97 Å². The molecule has 1 saturated heterocycles. The van der Waals surface area contributed by atoms with Crippen molar-refractivity contribution in [3.05, 3.63) is 77.5 Å². The van der Waals surface area contributed by atoms with E-state index in [1.807, 2.05) is 0 Å². The molecule has 2 amide bonds. The van der Waals surface area contributed by atoms with Gasteiger partial charge in [-0.3, -0.25) is 14.6 Å². The molecule has 0 saturated carbocycles. The van der Waals surface area contributed by atoms with E-state index in [1.54, 1.807) is 0 Å². The van der Waals surface area contributed by atoms with Crippen LogP contribution in [0.5, 0.6) is 0 Å². The normalized spacial score (nSPS) is 21.7. The number of aromatic nitrogens is 2. The minimum atomic E-state index is -1.34. The summed E-state index contributed by atoms with van der Waals surface area (Å²) in [5, 5.41) is 22.9. The van der Waals surface area contributed by atoms with Crippen LogP contribution in [0.3, 0.4) is 0 Å². The Balaban J connectivity index is 1.62. The number of benzene rings is 1. The number of pyridine rings is 2. The van der Waals surface area contributed by atoms with Gasteiger partial charge >= 0.3 is 0 Å². The van der Waals surface area contributed by atoms with Crippen LogP contribution in [0.15, 0.2) is 48.8 Å². The van der Waals surface area contributed by atoms with E-state index in [0.717, 1.165) is 30.3 Å². The number of hydrogen-bond donors (Lipinski definition) is 4. The summed E-state index contributed by atoms with van der Waals surface area (Å²) in [6.45, 7) is 0. The number of halogens is 3. The monoisotopic (exact) mass is 502 g/mol. The van der Waals surface area contributed by atoms with Gasteiger partial charge in [-0.1, -0.05) is 6.07 Å². The Morgan fingerprint density at radius 1 is 1.08 bits per heavy atom. The molecule has 4 atom stereocenters. The van der Waals surface area contributed by atoms with Crippen LogP contribution >= 0.6 is 0 Å². The van der Waals surface area contributed by atoms with Gasteiger partial charge in [0.1, 0.15) is 34.9 Å². The summed E-state index contributed by atoms with van der Waals surface area (Å²) in [4.78, 5) is 32.0. The highest BCUT2D eigenvalue weighted by Crippen LogP contribution is 2.36. The molecule has 1 aliphatic heterocycles. The molecule has 1 fully saturated rings. The highest BCUT2D eigenvalue weighted by Gasteiger charge is 2.39. The number of anilines is 1. The lowest BCUT2D eigenvalue weighted by Gasteiger charge is -2.37. The number of nitrogens with zero attached hydrogens (tertiary/aromatic N) is 2. The van der Waals surface area contributed by atoms with Crippen molar-refractivity contribution in [3.8, 4) is 11.3 Å². The first-order chi connectivity index (χ1) is 17.2. The van der Waals surface area contributed by atoms with Crippen LogP contribution < -0.4 is 11.1 Å². The molecule has 3 aromatic rings. The van der Waals surface area contributed by atoms with Crippen LogP contribution in [0.2, 0.25) is 0 Å². The van der Waals surface area contributed by atoms with E-state index in [1.165, 1.54) is 18.5 Å². The first kappa shape index (κ1) is 25.2. The van der Waals surface area contributed by atoms with Crippen molar-refractivity contribution in [1.29, 1.82) is 0 Å². The number of carbonyl (C=O) groups excluding carboxylic acids is 2. The van der Waals surface area contributed by atoms with Gasteiger partial charge < -0.3 is 26.0 Å². The van der Waals surface area contributed by atoms with Gasteiger partial charge in [-0.25, -0.2) is 18.2 Å². The molecule has 5 N–H and O–H groups in total. The minimum Gasteiger partial charge on any atom is -0.390 e. The van der Waals surface area contributed by atoms with Crippen LogP contribution in [-0.2, 0) is 9.53 Å². The number of rotatable bonds is 6. The summed E-state index contributed by atoms with van der Waals surface area (Å²) in [5.41, 5.74) is 3.97. The minimum absolute atomic E-state index is 0.0607.